The van der Waals surface area contributed by atoms with Crippen LogP contribution in [0.3, 0.4) is 0 Å². The fourth-order valence-electron chi connectivity index (χ4n) is 2.59. The number of fused-ring (bicyclic) bond motifs is 1. The molecular formula is C16H23N3O2. The van der Waals surface area contributed by atoms with Crippen molar-refractivity contribution in [1.82, 2.24) is 10.3 Å². The maximum Gasteiger partial charge on any atom is 0.321 e. The van der Waals surface area contributed by atoms with Gasteiger partial charge in [-0.25, -0.2) is 0 Å². The van der Waals surface area contributed by atoms with Crippen molar-refractivity contribution < 1.29 is 9.90 Å². The molecule has 114 valence electrons. The first-order valence-corrected chi connectivity index (χ1v) is 7.35. The largest absolute Gasteiger partial charge is 0.480 e. The van der Waals surface area contributed by atoms with E-state index >= 15 is 0 Å². The molecule has 1 aromatic heterocycles. The van der Waals surface area contributed by atoms with E-state index < -0.39 is 12.0 Å². The fraction of sp³-hybridized carbons (Fsp3) is 0.438. The van der Waals surface area contributed by atoms with Gasteiger partial charge in [-0.2, -0.15) is 0 Å². The average Bonchev–Trinajstić information content (AvgIpc) is 2.87. The van der Waals surface area contributed by atoms with E-state index in [4.69, 9.17) is 5.73 Å². The standard InChI is InChI=1S/C16H23N3O2/c1-11(5-4-8-17)19-15(16(20)21)9-12-10-18-14-7-3-2-6-13(12)14/h2-3,6-7,10-11,15,18-19H,4-5,8-9,17H2,1H3,(H,20,21). The average molecular weight is 289 g/mol. The smallest absolute Gasteiger partial charge is 0.321 e. The second kappa shape index (κ2) is 7.24. The number of hydrogen-bond acceptors (Lipinski definition) is 3. The number of nitrogens with one attached hydrogen (secondary N) is 2. The van der Waals surface area contributed by atoms with Crippen molar-refractivity contribution in [2.45, 2.75) is 38.3 Å². The molecule has 1 aromatic carbocycles. The van der Waals surface area contributed by atoms with E-state index in [0.29, 0.717) is 13.0 Å². The number of aromatic nitrogens is 1. The molecule has 5 heteroatoms. The molecule has 2 atom stereocenters. The third-order valence-electron chi connectivity index (χ3n) is 3.72. The van der Waals surface area contributed by atoms with Gasteiger partial charge in [0.05, 0.1) is 0 Å². The molecule has 21 heavy (non-hydrogen) atoms. The van der Waals surface area contributed by atoms with Crippen molar-refractivity contribution in [2.75, 3.05) is 6.54 Å². The minimum absolute atomic E-state index is 0.139. The van der Waals surface area contributed by atoms with Crippen LogP contribution in [0.15, 0.2) is 30.5 Å². The van der Waals surface area contributed by atoms with E-state index in [9.17, 15) is 9.90 Å². The zero-order chi connectivity index (χ0) is 15.2. The summed E-state index contributed by atoms with van der Waals surface area (Å²) in [5, 5.41) is 13.7. The van der Waals surface area contributed by atoms with Gasteiger partial charge < -0.3 is 21.1 Å². The summed E-state index contributed by atoms with van der Waals surface area (Å²) in [6.45, 7) is 2.63. The summed E-state index contributed by atoms with van der Waals surface area (Å²) in [5.74, 6) is -0.820. The highest BCUT2D eigenvalue weighted by Gasteiger charge is 2.21. The summed E-state index contributed by atoms with van der Waals surface area (Å²) in [7, 11) is 0. The normalized spacial score (nSPS) is 14.2. The number of H-pyrrole nitrogens is 1. The van der Waals surface area contributed by atoms with Crippen molar-refractivity contribution in [2.24, 2.45) is 5.73 Å². The molecule has 1 heterocycles. The molecule has 0 aliphatic rings. The molecule has 0 saturated carbocycles. The minimum Gasteiger partial charge on any atom is -0.480 e. The van der Waals surface area contributed by atoms with Crippen LogP contribution < -0.4 is 11.1 Å². The predicted octanol–water partition coefficient (Wildman–Crippen LogP) is 1.88. The van der Waals surface area contributed by atoms with Crippen molar-refractivity contribution >= 4 is 16.9 Å². The Labute approximate surface area is 124 Å². The van der Waals surface area contributed by atoms with Gasteiger partial charge in [0.2, 0.25) is 0 Å². The van der Waals surface area contributed by atoms with Crippen LogP contribution in [-0.4, -0.2) is 34.7 Å². The molecular weight excluding hydrogens is 266 g/mol. The van der Waals surface area contributed by atoms with Crippen LogP contribution >= 0.6 is 0 Å². The van der Waals surface area contributed by atoms with Crippen LogP contribution in [0.2, 0.25) is 0 Å². The van der Waals surface area contributed by atoms with E-state index in [1.54, 1.807) is 0 Å². The van der Waals surface area contributed by atoms with E-state index in [-0.39, 0.29) is 6.04 Å². The molecule has 0 radical (unpaired) electrons. The lowest BCUT2D eigenvalue weighted by Crippen LogP contribution is -2.43. The number of para-hydroxylation sites is 1. The van der Waals surface area contributed by atoms with Crippen LogP contribution in [0.25, 0.3) is 10.9 Å². The first kappa shape index (κ1) is 15.5. The van der Waals surface area contributed by atoms with Gasteiger partial charge in [0, 0.05) is 29.6 Å². The maximum atomic E-state index is 11.5. The molecule has 0 aliphatic heterocycles. The Kier molecular flexibility index (Phi) is 5.36. The summed E-state index contributed by atoms with van der Waals surface area (Å²) in [6.07, 6.45) is 4.14. The van der Waals surface area contributed by atoms with Crippen molar-refractivity contribution in [3.05, 3.63) is 36.0 Å². The number of hydrogen-bond donors (Lipinski definition) is 4. The Morgan fingerprint density at radius 2 is 2.19 bits per heavy atom. The monoisotopic (exact) mass is 289 g/mol. The molecule has 0 aliphatic carbocycles. The fourth-order valence-corrected chi connectivity index (χ4v) is 2.59. The van der Waals surface area contributed by atoms with Gasteiger partial charge in [0.25, 0.3) is 0 Å². The molecule has 0 amide bonds. The maximum absolute atomic E-state index is 11.5. The van der Waals surface area contributed by atoms with Crippen LogP contribution in [0.1, 0.15) is 25.3 Å². The lowest BCUT2D eigenvalue weighted by molar-refractivity contribution is -0.139. The number of carbonyl (C=O) groups is 1. The lowest BCUT2D eigenvalue weighted by atomic mass is 10.0. The summed E-state index contributed by atoms with van der Waals surface area (Å²) < 4.78 is 0. The number of rotatable bonds is 8. The van der Waals surface area contributed by atoms with E-state index in [0.717, 1.165) is 29.3 Å². The molecule has 0 saturated heterocycles. The summed E-state index contributed by atoms with van der Waals surface area (Å²) in [4.78, 5) is 14.7. The first-order valence-electron chi connectivity index (χ1n) is 7.35. The van der Waals surface area contributed by atoms with Gasteiger partial charge in [-0.1, -0.05) is 18.2 Å². The third-order valence-corrected chi connectivity index (χ3v) is 3.72. The number of carboxylic acid groups (broad SMARTS) is 1. The zero-order valence-corrected chi connectivity index (χ0v) is 12.3. The van der Waals surface area contributed by atoms with Crippen LogP contribution in [0, 0.1) is 0 Å². The van der Waals surface area contributed by atoms with Gasteiger partial charge in [-0.15, -0.1) is 0 Å². The molecule has 0 fully saturated rings. The predicted molar refractivity (Wildman–Crippen MR) is 84.3 cm³/mol. The summed E-state index contributed by atoms with van der Waals surface area (Å²) in [6, 6.07) is 7.48. The highest BCUT2D eigenvalue weighted by atomic mass is 16.4. The Bertz CT molecular complexity index is 594. The van der Waals surface area contributed by atoms with Gasteiger partial charge in [0.1, 0.15) is 6.04 Å². The Morgan fingerprint density at radius 3 is 2.90 bits per heavy atom. The molecule has 0 bridgehead atoms. The topological polar surface area (TPSA) is 91.1 Å². The number of aliphatic carboxylic acids is 1. The van der Waals surface area contributed by atoms with Crippen LogP contribution in [0.5, 0.6) is 0 Å². The second-order valence-corrected chi connectivity index (χ2v) is 5.45. The lowest BCUT2D eigenvalue weighted by Gasteiger charge is -2.20. The first-order chi connectivity index (χ1) is 10.1. The quantitative estimate of drug-likeness (QED) is 0.597. The molecule has 5 nitrogen and oxygen atoms in total. The number of aromatic amines is 1. The highest BCUT2D eigenvalue weighted by molar-refractivity contribution is 5.84. The Morgan fingerprint density at radius 1 is 1.43 bits per heavy atom. The minimum atomic E-state index is -0.820. The van der Waals surface area contributed by atoms with Crippen LogP contribution in [-0.2, 0) is 11.2 Å². The summed E-state index contributed by atoms with van der Waals surface area (Å²) >= 11 is 0. The SMILES string of the molecule is CC(CCCN)NC(Cc1c[nH]c2ccccc12)C(=O)O. The number of benzene rings is 1. The molecule has 5 N–H and O–H groups in total. The number of nitrogens with two attached hydrogens (primary N) is 1. The molecule has 2 unspecified atom stereocenters. The van der Waals surface area contributed by atoms with E-state index in [1.807, 2.05) is 37.4 Å². The molecule has 2 aromatic rings. The highest BCUT2D eigenvalue weighted by Crippen LogP contribution is 2.19. The molecule has 2 rings (SSSR count). The van der Waals surface area contributed by atoms with E-state index in [1.165, 1.54) is 0 Å². The Hall–Kier alpha value is -1.85. The van der Waals surface area contributed by atoms with Crippen molar-refractivity contribution in [3.63, 3.8) is 0 Å². The summed E-state index contributed by atoms with van der Waals surface area (Å²) in [5.41, 5.74) is 7.55. The molecule has 0 spiro atoms. The van der Waals surface area contributed by atoms with Gasteiger partial charge in [-0.3, -0.25) is 4.79 Å². The van der Waals surface area contributed by atoms with Crippen molar-refractivity contribution in [1.29, 1.82) is 0 Å². The second-order valence-electron chi connectivity index (χ2n) is 5.45. The van der Waals surface area contributed by atoms with Crippen molar-refractivity contribution in [3.8, 4) is 0 Å². The van der Waals surface area contributed by atoms with Gasteiger partial charge in [0.15, 0.2) is 0 Å². The Balaban J connectivity index is 2.07. The zero-order valence-electron chi connectivity index (χ0n) is 12.3. The third kappa shape index (κ3) is 4.06. The van der Waals surface area contributed by atoms with E-state index in [2.05, 4.69) is 10.3 Å². The van der Waals surface area contributed by atoms with Gasteiger partial charge >= 0.3 is 5.97 Å². The number of carboxylic acids is 1. The van der Waals surface area contributed by atoms with Gasteiger partial charge in [-0.05, 0) is 37.9 Å². The van der Waals surface area contributed by atoms with Crippen LogP contribution in [0.4, 0.5) is 0 Å².